The summed E-state index contributed by atoms with van der Waals surface area (Å²) in [6.45, 7) is 4.92. The van der Waals surface area contributed by atoms with Crippen molar-refractivity contribution in [1.29, 1.82) is 0 Å². The second-order valence-electron chi connectivity index (χ2n) is 5.43. The smallest absolute Gasteiger partial charge is 0.245 e. The van der Waals surface area contributed by atoms with Gasteiger partial charge in [-0.25, -0.2) is 12.7 Å². The Morgan fingerprint density at radius 1 is 1.05 bits per heavy atom. The molecule has 0 fully saturated rings. The van der Waals surface area contributed by atoms with Crippen molar-refractivity contribution in [3.8, 4) is 0 Å². The van der Waals surface area contributed by atoms with Gasteiger partial charge in [0.25, 0.3) is 0 Å². The molecule has 114 valence electrons. The van der Waals surface area contributed by atoms with Crippen LogP contribution in [0.15, 0.2) is 17.0 Å². The van der Waals surface area contributed by atoms with Gasteiger partial charge in [-0.15, -0.1) is 0 Å². The van der Waals surface area contributed by atoms with Crippen LogP contribution in [-0.4, -0.2) is 51.9 Å². The predicted molar refractivity (Wildman–Crippen MR) is 83.3 cm³/mol. The Hall–Kier alpha value is -1.11. The average molecular weight is 299 g/mol. The van der Waals surface area contributed by atoms with Gasteiger partial charge >= 0.3 is 0 Å². The molecule has 0 unspecified atom stereocenters. The first-order valence-electron chi connectivity index (χ1n) is 6.64. The maximum absolute atomic E-state index is 12.6. The monoisotopic (exact) mass is 299 g/mol. The van der Waals surface area contributed by atoms with Crippen molar-refractivity contribution in [2.45, 2.75) is 25.2 Å². The van der Waals surface area contributed by atoms with Gasteiger partial charge in [0.05, 0.1) is 5.69 Å². The van der Waals surface area contributed by atoms with E-state index in [1.54, 1.807) is 20.0 Å². The van der Waals surface area contributed by atoms with Gasteiger partial charge < -0.3 is 10.6 Å². The van der Waals surface area contributed by atoms with Gasteiger partial charge in [0.2, 0.25) is 10.0 Å². The van der Waals surface area contributed by atoms with Gasteiger partial charge in [-0.3, -0.25) is 0 Å². The first-order chi connectivity index (χ1) is 9.17. The zero-order valence-corrected chi connectivity index (χ0v) is 13.8. The molecule has 0 aliphatic carbocycles. The molecule has 0 atom stereocenters. The number of benzene rings is 1. The summed E-state index contributed by atoms with van der Waals surface area (Å²) in [4.78, 5) is 2.28. The number of nitrogen functional groups attached to an aromatic ring is 1. The molecule has 0 saturated carbocycles. The molecule has 6 heteroatoms. The SMILES string of the molecule is Cc1ccc(C)c(S(=O)(=O)N(C)CCCN(C)C)c1N. The summed E-state index contributed by atoms with van der Waals surface area (Å²) in [7, 11) is 2.01. The van der Waals surface area contributed by atoms with E-state index >= 15 is 0 Å². The number of nitrogens with two attached hydrogens (primary N) is 1. The van der Waals surface area contributed by atoms with Gasteiger partial charge in [-0.2, -0.15) is 0 Å². The molecule has 20 heavy (non-hydrogen) atoms. The Morgan fingerprint density at radius 3 is 2.15 bits per heavy atom. The molecule has 1 aromatic carbocycles. The minimum absolute atomic E-state index is 0.241. The van der Waals surface area contributed by atoms with Crippen molar-refractivity contribution < 1.29 is 8.42 Å². The molecular formula is C14H25N3O2S. The van der Waals surface area contributed by atoms with Crippen LogP contribution in [0.2, 0.25) is 0 Å². The van der Waals surface area contributed by atoms with E-state index in [4.69, 9.17) is 5.73 Å². The number of rotatable bonds is 6. The van der Waals surface area contributed by atoms with Gasteiger partial charge in [-0.05, 0) is 52.0 Å². The summed E-state index contributed by atoms with van der Waals surface area (Å²) in [5.74, 6) is 0. The zero-order valence-electron chi connectivity index (χ0n) is 13.0. The summed E-state index contributed by atoms with van der Waals surface area (Å²) < 4.78 is 26.7. The van der Waals surface area contributed by atoms with Crippen LogP contribution in [0.25, 0.3) is 0 Å². The highest BCUT2D eigenvalue weighted by Gasteiger charge is 2.25. The van der Waals surface area contributed by atoms with Gasteiger partial charge in [0.1, 0.15) is 4.90 Å². The fraction of sp³-hybridized carbons (Fsp3) is 0.571. The van der Waals surface area contributed by atoms with E-state index in [1.807, 2.05) is 32.0 Å². The van der Waals surface area contributed by atoms with Gasteiger partial charge in [0, 0.05) is 13.6 Å². The molecule has 0 aliphatic heterocycles. The third kappa shape index (κ3) is 3.71. The summed E-state index contributed by atoms with van der Waals surface area (Å²) in [6, 6.07) is 3.64. The van der Waals surface area contributed by atoms with E-state index in [0.717, 1.165) is 18.5 Å². The molecule has 5 nitrogen and oxygen atoms in total. The normalized spacial score (nSPS) is 12.3. The fourth-order valence-corrected chi connectivity index (χ4v) is 3.63. The summed E-state index contributed by atoms with van der Waals surface area (Å²) in [6.07, 6.45) is 0.785. The van der Waals surface area contributed by atoms with E-state index < -0.39 is 10.0 Å². The molecule has 0 aromatic heterocycles. The Balaban J connectivity index is 3.02. The number of nitrogens with zero attached hydrogens (tertiary/aromatic N) is 2. The molecule has 0 bridgehead atoms. The highest BCUT2D eigenvalue weighted by Crippen LogP contribution is 2.28. The molecule has 0 saturated heterocycles. The minimum atomic E-state index is -3.53. The van der Waals surface area contributed by atoms with Crippen LogP contribution in [0.1, 0.15) is 17.5 Å². The number of hydrogen-bond acceptors (Lipinski definition) is 4. The summed E-state index contributed by atoms with van der Waals surface area (Å²) in [5.41, 5.74) is 7.80. The van der Waals surface area contributed by atoms with Crippen LogP contribution in [-0.2, 0) is 10.0 Å². The molecule has 0 amide bonds. The lowest BCUT2D eigenvalue weighted by molar-refractivity contribution is 0.370. The second-order valence-corrected chi connectivity index (χ2v) is 7.41. The Kier molecular flexibility index (Phi) is 5.56. The summed E-state index contributed by atoms with van der Waals surface area (Å²) >= 11 is 0. The molecule has 1 rings (SSSR count). The maximum atomic E-state index is 12.6. The first kappa shape index (κ1) is 16.9. The quantitative estimate of drug-likeness (QED) is 0.808. The summed E-state index contributed by atoms with van der Waals surface area (Å²) in [5, 5.41) is 0. The van der Waals surface area contributed by atoms with Crippen LogP contribution in [0, 0.1) is 13.8 Å². The van der Waals surface area contributed by atoms with Crippen LogP contribution < -0.4 is 5.73 Å². The third-order valence-corrected chi connectivity index (χ3v) is 5.42. The Labute approximate surface area is 122 Å². The van der Waals surface area contributed by atoms with Crippen molar-refractivity contribution in [2.75, 3.05) is 40.0 Å². The van der Waals surface area contributed by atoms with Crippen LogP contribution in [0.4, 0.5) is 5.69 Å². The van der Waals surface area contributed by atoms with Gasteiger partial charge in [-0.1, -0.05) is 12.1 Å². The maximum Gasteiger partial charge on any atom is 0.245 e. The molecular weight excluding hydrogens is 274 g/mol. The topological polar surface area (TPSA) is 66.6 Å². The third-order valence-electron chi connectivity index (χ3n) is 3.36. The molecule has 0 aliphatic rings. The van der Waals surface area contributed by atoms with Crippen molar-refractivity contribution in [3.05, 3.63) is 23.3 Å². The second kappa shape index (κ2) is 6.56. The largest absolute Gasteiger partial charge is 0.397 e. The lowest BCUT2D eigenvalue weighted by atomic mass is 10.1. The van der Waals surface area contributed by atoms with E-state index in [2.05, 4.69) is 0 Å². The molecule has 0 radical (unpaired) electrons. The lowest BCUT2D eigenvalue weighted by Crippen LogP contribution is -2.31. The van der Waals surface area contributed by atoms with Crippen LogP contribution in [0.3, 0.4) is 0 Å². The Morgan fingerprint density at radius 2 is 1.60 bits per heavy atom. The van der Waals surface area contributed by atoms with Crippen molar-refractivity contribution in [2.24, 2.45) is 0 Å². The predicted octanol–water partition coefficient (Wildman–Crippen LogP) is 1.46. The molecule has 0 spiro atoms. The Bertz CT molecular complexity index is 568. The van der Waals surface area contributed by atoms with Gasteiger partial charge in [0.15, 0.2) is 0 Å². The van der Waals surface area contributed by atoms with E-state index in [-0.39, 0.29) is 4.90 Å². The molecule has 2 N–H and O–H groups in total. The first-order valence-corrected chi connectivity index (χ1v) is 8.08. The highest BCUT2D eigenvalue weighted by molar-refractivity contribution is 7.89. The van der Waals surface area contributed by atoms with Crippen molar-refractivity contribution in [3.63, 3.8) is 0 Å². The minimum Gasteiger partial charge on any atom is -0.397 e. The van der Waals surface area contributed by atoms with E-state index in [0.29, 0.717) is 17.8 Å². The fourth-order valence-electron chi connectivity index (χ4n) is 2.03. The molecule has 0 heterocycles. The van der Waals surface area contributed by atoms with Crippen LogP contribution >= 0.6 is 0 Å². The van der Waals surface area contributed by atoms with Crippen molar-refractivity contribution in [1.82, 2.24) is 9.21 Å². The van der Waals surface area contributed by atoms with Crippen molar-refractivity contribution >= 4 is 15.7 Å². The zero-order chi connectivity index (χ0) is 15.5. The lowest BCUT2D eigenvalue weighted by Gasteiger charge is -2.21. The number of aryl methyl sites for hydroxylation is 2. The highest BCUT2D eigenvalue weighted by atomic mass is 32.2. The standard InChI is InChI=1S/C14H25N3O2S/c1-11-7-8-12(2)14(13(11)15)20(18,19)17(5)10-6-9-16(3)4/h7-8H,6,9-10,15H2,1-5H3. The number of hydrogen-bond donors (Lipinski definition) is 1. The van der Waals surface area contributed by atoms with E-state index in [9.17, 15) is 8.42 Å². The molecule has 1 aromatic rings. The van der Waals surface area contributed by atoms with Crippen LogP contribution in [0.5, 0.6) is 0 Å². The number of anilines is 1. The van der Waals surface area contributed by atoms with E-state index in [1.165, 1.54) is 4.31 Å². The number of sulfonamides is 1. The average Bonchev–Trinajstić information content (AvgIpc) is 2.33.